The van der Waals surface area contributed by atoms with Crippen molar-refractivity contribution in [3.8, 4) is 0 Å². The zero-order chi connectivity index (χ0) is 7.40. The largest absolute Gasteiger partial charge is 0.392 e. The number of hydrogen-bond acceptors (Lipinski definition) is 2. The molecule has 0 aliphatic heterocycles. The van der Waals surface area contributed by atoms with Crippen LogP contribution in [0.15, 0.2) is 24.3 Å². The summed E-state index contributed by atoms with van der Waals surface area (Å²) in [7, 11) is 1.87. The Morgan fingerprint density at radius 1 is 1.40 bits per heavy atom. The molecule has 0 radical (unpaired) electrons. The molecule has 0 saturated carbocycles. The van der Waals surface area contributed by atoms with Gasteiger partial charge in [0.25, 0.3) is 0 Å². The van der Waals surface area contributed by atoms with Crippen molar-refractivity contribution in [2.24, 2.45) is 0 Å². The van der Waals surface area contributed by atoms with Gasteiger partial charge in [-0.15, -0.1) is 0 Å². The van der Waals surface area contributed by atoms with Crippen molar-refractivity contribution in [1.82, 2.24) is 0 Å². The monoisotopic (exact) mass is 139 g/mol. The Morgan fingerprint density at radius 3 is 2.40 bits per heavy atom. The Morgan fingerprint density at radius 2 is 2.00 bits per heavy atom. The van der Waals surface area contributed by atoms with E-state index in [1.807, 2.05) is 31.3 Å². The molecule has 56 valence electrons. The van der Waals surface area contributed by atoms with Crippen molar-refractivity contribution < 1.29 is 6.53 Å². The van der Waals surface area contributed by atoms with Gasteiger partial charge < -0.3 is 10.4 Å². The lowest BCUT2D eigenvalue weighted by atomic mass is 10.2. The van der Waals surface area contributed by atoms with Crippen molar-refractivity contribution in [3.63, 3.8) is 0 Å². The minimum absolute atomic E-state index is 0. The number of benzene rings is 1. The first kappa shape index (κ1) is 7.09. The summed E-state index contributed by atoms with van der Waals surface area (Å²) in [6.45, 7) is 0.115. The van der Waals surface area contributed by atoms with Gasteiger partial charge in [-0.1, -0.05) is 12.1 Å². The number of anilines is 1. The van der Waals surface area contributed by atoms with Crippen molar-refractivity contribution in [3.05, 3.63) is 29.8 Å². The summed E-state index contributed by atoms with van der Waals surface area (Å²) in [4.78, 5) is 0. The third-order valence-corrected chi connectivity index (χ3v) is 1.43. The van der Waals surface area contributed by atoms with E-state index in [1.54, 1.807) is 0 Å². The van der Waals surface area contributed by atoms with Crippen LogP contribution in [0.5, 0.6) is 0 Å². The molecular formula is C8H13NO. The predicted octanol–water partition coefficient (Wildman–Crippen LogP) is 1.47. The van der Waals surface area contributed by atoms with Gasteiger partial charge in [-0.2, -0.15) is 0 Å². The fourth-order valence-electron chi connectivity index (χ4n) is 0.777. The Labute approximate surface area is 62.0 Å². The zero-order valence-corrected chi connectivity index (χ0v) is 5.96. The third kappa shape index (κ3) is 1.48. The predicted molar refractivity (Wildman–Crippen MR) is 44.0 cm³/mol. The highest BCUT2D eigenvalue weighted by atomic mass is 16.3. The zero-order valence-electron chi connectivity index (χ0n) is 5.96. The van der Waals surface area contributed by atoms with Gasteiger partial charge in [0, 0.05) is 14.2 Å². The van der Waals surface area contributed by atoms with Crippen LogP contribution in [0.25, 0.3) is 0 Å². The summed E-state index contributed by atoms with van der Waals surface area (Å²) in [5.41, 5.74) is 2.01. The molecule has 0 aliphatic rings. The maximum absolute atomic E-state index is 8.68. The highest BCUT2D eigenvalue weighted by Gasteiger charge is 1.88. The molecular weight excluding hydrogens is 126 g/mol. The summed E-state index contributed by atoms with van der Waals surface area (Å²) < 4.78 is 0. The van der Waals surface area contributed by atoms with E-state index in [9.17, 15) is 0 Å². The normalized spacial score (nSPS) is 9.40. The summed E-state index contributed by atoms with van der Waals surface area (Å²) in [5.74, 6) is 0. The van der Waals surface area contributed by atoms with Crippen LogP contribution in [0.4, 0.5) is 5.69 Å². The molecule has 0 fully saturated rings. The second-order valence-electron chi connectivity index (χ2n) is 2.11. The average Bonchev–Trinajstić information content (AvgIpc) is 2.05. The van der Waals surface area contributed by atoms with Crippen LogP contribution in [0, 0.1) is 0 Å². The van der Waals surface area contributed by atoms with Gasteiger partial charge in [0.1, 0.15) is 0 Å². The first-order valence-corrected chi connectivity index (χ1v) is 3.24. The Bertz CT molecular complexity index is 175. The van der Waals surface area contributed by atoms with Crippen molar-refractivity contribution in [2.75, 3.05) is 12.4 Å². The number of nitrogens with one attached hydrogen (secondary N) is 1. The topological polar surface area (TPSA) is 32.3 Å². The molecule has 1 aromatic rings. The molecule has 0 heterocycles. The van der Waals surface area contributed by atoms with E-state index in [4.69, 9.17) is 5.11 Å². The molecule has 2 heteroatoms. The maximum atomic E-state index is 8.68. The first-order valence-electron chi connectivity index (χ1n) is 3.24. The summed E-state index contributed by atoms with van der Waals surface area (Å²) >= 11 is 0. The summed E-state index contributed by atoms with van der Waals surface area (Å²) in [6.07, 6.45) is 0. The minimum atomic E-state index is 0. The molecule has 2 N–H and O–H groups in total. The summed E-state index contributed by atoms with van der Waals surface area (Å²) in [6, 6.07) is 7.66. The molecule has 1 rings (SSSR count). The Hall–Kier alpha value is -1.02. The van der Waals surface area contributed by atoms with Crippen LogP contribution in [0.2, 0.25) is 0 Å². The van der Waals surface area contributed by atoms with Gasteiger partial charge in [0.2, 0.25) is 0 Å². The lowest BCUT2D eigenvalue weighted by Crippen LogP contribution is -1.88. The van der Waals surface area contributed by atoms with E-state index in [0.717, 1.165) is 11.3 Å². The molecule has 0 aromatic heterocycles. The van der Waals surface area contributed by atoms with Crippen molar-refractivity contribution >= 4 is 5.69 Å². The SMILES string of the molecule is CNc1ccc(CO)cc1.[HH]. The molecule has 1 aromatic carbocycles. The standard InChI is InChI=1S/C8H11NO.H2/c1-9-8-4-2-7(6-10)3-5-8;/h2-5,9-10H,6H2,1H3;1H. The molecule has 10 heavy (non-hydrogen) atoms. The fraction of sp³-hybridized carbons (Fsp3) is 0.250. The minimum Gasteiger partial charge on any atom is -0.392 e. The lowest BCUT2D eigenvalue weighted by molar-refractivity contribution is 0.282. The average molecular weight is 139 g/mol. The van der Waals surface area contributed by atoms with E-state index < -0.39 is 0 Å². The second kappa shape index (κ2) is 3.22. The number of aliphatic hydroxyl groups excluding tert-OH is 1. The highest BCUT2D eigenvalue weighted by molar-refractivity contribution is 5.43. The van der Waals surface area contributed by atoms with Crippen LogP contribution >= 0.6 is 0 Å². The van der Waals surface area contributed by atoms with E-state index in [0.29, 0.717) is 0 Å². The number of aliphatic hydroxyl groups is 1. The van der Waals surface area contributed by atoms with Gasteiger partial charge in [-0.25, -0.2) is 0 Å². The van der Waals surface area contributed by atoms with Crippen molar-refractivity contribution in [2.45, 2.75) is 6.61 Å². The van der Waals surface area contributed by atoms with Crippen molar-refractivity contribution in [1.29, 1.82) is 0 Å². The van der Waals surface area contributed by atoms with Crippen LogP contribution in [0.3, 0.4) is 0 Å². The first-order chi connectivity index (χ1) is 4.86. The van der Waals surface area contributed by atoms with Gasteiger partial charge in [-0.3, -0.25) is 0 Å². The second-order valence-corrected chi connectivity index (χ2v) is 2.11. The summed E-state index contributed by atoms with van der Waals surface area (Å²) in [5, 5.41) is 11.7. The molecule has 0 aliphatic carbocycles. The molecule has 0 unspecified atom stereocenters. The molecule has 0 amide bonds. The smallest absolute Gasteiger partial charge is 0.0681 e. The molecule has 0 spiro atoms. The molecule has 0 saturated heterocycles. The van der Waals surface area contributed by atoms with E-state index >= 15 is 0 Å². The Kier molecular flexibility index (Phi) is 2.29. The van der Waals surface area contributed by atoms with E-state index in [2.05, 4.69) is 5.32 Å². The van der Waals surface area contributed by atoms with Gasteiger partial charge in [0.05, 0.1) is 6.61 Å². The number of hydrogen-bond donors (Lipinski definition) is 2. The molecule has 0 atom stereocenters. The third-order valence-electron chi connectivity index (χ3n) is 1.43. The lowest BCUT2D eigenvalue weighted by Gasteiger charge is -1.99. The molecule has 0 bridgehead atoms. The highest BCUT2D eigenvalue weighted by Crippen LogP contribution is 2.07. The van der Waals surface area contributed by atoms with E-state index in [-0.39, 0.29) is 8.03 Å². The number of rotatable bonds is 2. The van der Waals surface area contributed by atoms with Crippen LogP contribution in [0.1, 0.15) is 6.99 Å². The van der Waals surface area contributed by atoms with Gasteiger partial charge in [-0.05, 0) is 17.7 Å². The van der Waals surface area contributed by atoms with Crippen LogP contribution in [-0.4, -0.2) is 12.2 Å². The van der Waals surface area contributed by atoms with Crippen LogP contribution in [-0.2, 0) is 6.61 Å². The van der Waals surface area contributed by atoms with Gasteiger partial charge >= 0.3 is 0 Å². The van der Waals surface area contributed by atoms with Gasteiger partial charge in [0.15, 0.2) is 0 Å². The van der Waals surface area contributed by atoms with Crippen LogP contribution < -0.4 is 5.32 Å². The quantitative estimate of drug-likeness (QED) is 0.650. The fourth-order valence-corrected chi connectivity index (χ4v) is 0.777. The Balaban J connectivity index is 0.000001000. The molecule has 2 nitrogen and oxygen atoms in total. The maximum Gasteiger partial charge on any atom is 0.0681 e. The van der Waals surface area contributed by atoms with E-state index in [1.165, 1.54) is 0 Å².